The highest BCUT2D eigenvalue weighted by Gasteiger charge is 2.12. The summed E-state index contributed by atoms with van der Waals surface area (Å²) >= 11 is 1.65. The van der Waals surface area contributed by atoms with Crippen LogP contribution in [-0.4, -0.2) is 20.9 Å². The summed E-state index contributed by atoms with van der Waals surface area (Å²) < 4.78 is 1.77. The minimum Gasteiger partial charge on any atom is -0.298 e. The number of nitrogens with zero attached hydrogens (tertiary/aromatic N) is 3. The second kappa shape index (κ2) is 5.20. The third-order valence-corrected chi connectivity index (χ3v) is 4.22. The molecule has 0 N–H and O–H groups in total. The van der Waals surface area contributed by atoms with Gasteiger partial charge >= 0.3 is 0 Å². The van der Waals surface area contributed by atoms with Gasteiger partial charge in [0.05, 0.1) is 11.9 Å². The molecule has 1 aromatic carbocycles. The zero-order chi connectivity index (χ0) is 14.9. The SMILES string of the molecule is O=Cc1ccc(-c2nc3ccnn3cc2-c2ccsc2)cc1. The average molecular weight is 305 g/mol. The minimum absolute atomic E-state index is 0.659. The van der Waals surface area contributed by atoms with Gasteiger partial charge in [0.2, 0.25) is 0 Å². The smallest absolute Gasteiger partial charge is 0.155 e. The fourth-order valence-electron chi connectivity index (χ4n) is 2.42. The lowest BCUT2D eigenvalue weighted by Crippen LogP contribution is -1.96. The Bertz CT molecular complexity index is 940. The molecule has 0 bridgehead atoms. The zero-order valence-corrected chi connectivity index (χ0v) is 12.3. The van der Waals surface area contributed by atoms with E-state index in [0.29, 0.717) is 5.56 Å². The number of hydrogen-bond donors (Lipinski definition) is 0. The maximum absolute atomic E-state index is 10.8. The number of hydrogen-bond acceptors (Lipinski definition) is 4. The standard InChI is InChI=1S/C17H11N3OS/c21-10-12-1-3-13(4-2-12)17-15(14-6-8-22-11-14)9-20-16(19-17)5-7-18-20/h1-11H. The Hall–Kier alpha value is -2.79. The maximum atomic E-state index is 10.8. The van der Waals surface area contributed by atoms with E-state index in [1.807, 2.05) is 41.9 Å². The molecule has 0 aliphatic carbocycles. The Morgan fingerprint density at radius 2 is 1.91 bits per heavy atom. The van der Waals surface area contributed by atoms with E-state index in [1.165, 1.54) is 0 Å². The Labute approximate surface area is 130 Å². The van der Waals surface area contributed by atoms with Crippen LogP contribution in [0.1, 0.15) is 10.4 Å². The number of aldehydes is 1. The maximum Gasteiger partial charge on any atom is 0.155 e. The first-order valence-electron chi connectivity index (χ1n) is 6.78. The van der Waals surface area contributed by atoms with Crippen LogP contribution in [0, 0.1) is 0 Å². The lowest BCUT2D eigenvalue weighted by Gasteiger charge is -2.09. The second-order valence-electron chi connectivity index (χ2n) is 4.89. The molecular formula is C17H11N3OS. The Balaban J connectivity index is 1.97. The Morgan fingerprint density at radius 1 is 1.05 bits per heavy atom. The number of thiophene rings is 1. The predicted octanol–water partition coefficient (Wildman–Crippen LogP) is 3.94. The first-order chi connectivity index (χ1) is 10.8. The lowest BCUT2D eigenvalue weighted by atomic mass is 10.0. The van der Waals surface area contributed by atoms with Crippen molar-refractivity contribution in [3.63, 3.8) is 0 Å². The molecular weight excluding hydrogens is 294 g/mol. The van der Waals surface area contributed by atoms with Crippen LogP contribution >= 0.6 is 11.3 Å². The Kier molecular flexibility index (Phi) is 3.05. The van der Waals surface area contributed by atoms with Crippen LogP contribution in [0.2, 0.25) is 0 Å². The quantitative estimate of drug-likeness (QED) is 0.539. The van der Waals surface area contributed by atoms with Gasteiger partial charge in [-0.25, -0.2) is 9.50 Å². The van der Waals surface area contributed by atoms with Gasteiger partial charge in [-0.2, -0.15) is 16.4 Å². The van der Waals surface area contributed by atoms with Crippen LogP contribution in [0.5, 0.6) is 0 Å². The van der Waals surface area contributed by atoms with Crippen LogP contribution in [-0.2, 0) is 0 Å². The summed E-state index contributed by atoms with van der Waals surface area (Å²) in [6.07, 6.45) is 4.57. The van der Waals surface area contributed by atoms with Gasteiger partial charge in [-0.15, -0.1) is 0 Å². The monoisotopic (exact) mass is 305 g/mol. The van der Waals surface area contributed by atoms with Crippen molar-refractivity contribution in [1.82, 2.24) is 14.6 Å². The zero-order valence-electron chi connectivity index (χ0n) is 11.5. The van der Waals surface area contributed by atoms with Crippen LogP contribution < -0.4 is 0 Å². The normalized spacial score (nSPS) is 10.9. The van der Waals surface area contributed by atoms with Crippen molar-refractivity contribution in [2.75, 3.05) is 0 Å². The van der Waals surface area contributed by atoms with E-state index < -0.39 is 0 Å². The average Bonchev–Trinajstić information content (AvgIpc) is 3.24. The van der Waals surface area contributed by atoms with Crippen LogP contribution in [0.3, 0.4) is 0 Å². The summed E-state index contributed by atoms with van der Waals surface area (Å²) in [4.78, 5) is 15.6. The predicted molar refractivity (Wildman–Crippen MR) is 87.1 cm³/mol. The molecule has 0 unspecified atom stereocenters. The van der Waals surface area contributed by atoms with Crippen molar-refractivity contribution in [3.05, 3.63) is 65.1 Å². The first-order valence-corrected chi connectivity index (χ1v) is 7.72. The molecule has 0 aliphatic heterocycles. The third kappa shape index (κ3) is 2.12. The topological polar surface area (TPSA) is 47.3 Å². The second-order valence-corrected chi connectivity index (χ2v) is 5.67. The van der Waals surface area contributed by atoms with Crippen molar-refractivity contribution in [2.24, 2.45) is 0 Å². The molecule has 3 heterocycles. The number of aromatic nitrogens is 3. The number of carbonyl (C=O) groups is 1. The molecule has 4 rings (SSSR count). The summed E-state index contributed by atoms with van der Waals surface area (Å²) in [5, 5.41) is 8.40. The van der Waals surface area contributed by atoms with E-state index in [-0.39, 0.29) is 0 Å². The number of fused-ring (bicyclic) bond motifs is 1. The van der Waals surface area contributed by atoms with E-state index in [4.69, 9.17) is 4.98 Å². The minimum atomic E-state index is 0.659. The summed E-state index contributed by atoms with van der Waals surface area (Å²) in [7, 11) is 0. The van der Waals surface area contributed by atoms with E-state index in [0.717, 1.165) is 34.3 Å². The van der Waals surface area contributed by atoms with Crippen molar-refractivity contribution < 1.29 is 4.79 Å². The molecule has 0 aliphatic rings. The number of carbonyl (C=O) groups excluding carboxylic acids is 1. The highest BCUT2D eigenvalue weighted by molar-refractivity contribution is 7.08. The summed E-state index contributed by atoms with van der Waals surface area (Å²) in [6, 6.07) is 11.4. The van der Waals surface area contributed by atoms with Gasteiger partial charge in [0.15, 0.2) is 5.65 Å². The molecule has 0 saturated carbocycles. The summed E-state index contributed by atoms with van der Waals surface area (Å²) in [5.74, 6) is 0. The molecule has 0 amide bonds. The molecule has 4 aromatic rings. The molecule has 4 nitrogen and oxygen atoms in total. The molecule has 0 radical (unpaired) electrons. The van der Waals surface area contributed by atoms with Crippen molar-refractivity contribution >= 4 is 23.3 Å². The van der Waals surface area contributed by atoms with Crippen molar-refractivity contribution in [3.8, 4) is 22.4 Å². The molecule has 0 fully saturated rings. The van der Waals surface area contributed by atoms with E-state index in [2.05, 4.69) is 16.5 Å². The van der Waals surface area contributed by atoms with Crippen molar-refractivity contribution in [2.45, 2.75) is 0 Å². The van der Waals surface area contributed by atoms with Gasteiger partial charge in [0.1, 0.15) is 6.29 Å². The van der Waals surface area contributed by atoms with E-state index in [1.54, 1.807) is 22.0 Å². The van der Waals surface area contributed by atoms with E-state index in [9.17, 15) is 4.79 Å². The number of rotatable bonds is 3. The van der Waals surface area contributed by atoms with Gasteiger partial charge in [-0.05, 0) is 22.4 Å². The molecule has 0 saturated heterocycles. The molecule has 0 spiro atoms. The summed E-state index contributed by atoms with van der Waals surface area (Å²) in [5.41, 5.74) is 5.47. The molecule has 5 heteroatoms. The van der Waals surface area contributed by atoms with Crippen LogP contribution in [0.25, 0.3) is 28.0 Å². The molecule has 22 heavy (non-hydrogen) atoms. The van der Waals surface area contributed by atoms with Gasteiger partial charge < -0.3 is 0 Å². The molecule has 3 aromatic heterocycles. The highest BCUT2D eigenvalue weighted by atomic mass is 32.1. The number of benzene rings is 1. The summed E-state index contributed by atoms with van der Waals surface area (Å²) in [6.45, 7) is 0. The largest absolute Gasteiger partial charge is 0.298 e. The van der Waals surface area contributed by atoms with E-state index >= 15 is 0 Å². The fraction of sp³-hybridized carbons (Fsp3) is 0. The van der Waals surface area contributed by atoms with Gasteiger partial charge in [-0.1, -0.05) is 24.3 Å². The first kappa shape index (κ1) is 12.9. The molecule has 0 atom stereocenters. The lowest BCUT2D eigenvalue weighted by molar-refractivity contribution is 0.112. The van der Waals surface area contributed by atoms with Gasteiger partial charge in [0, 0.05) is 29.0 Å². The van der Waals surface area contributed by atoms with Crippen LogP contribution in [0.15, 0.2) is 59.6 Å². The highest BCUT2D eigenvalue weighted by Crippen LogP contribution is 2.32. The molecule has 106 valence electrons. The van der Waals surface area contributed by atoms with Gasteiger partial charge in [0.25, 0.3) is 0 Å². The fourth-order valence-corrected chi connectivity index (χ4v) is 3.08. The van der Waals surface area contributed by atoms with Crippen molar-refractivity contribution in [1.29, 1.82) is 0 Å². The van der Waals surface area contributed by atoms with Gasteiger partial charge in [-0.3, -0.25) is 4.79 Å². The third-order valence-electron chi connectivity index (χ3n) is 3.53. The van der Waals surface area contributed by atoms with Crippen LogP contribution in [0.4, 0.5) is 0 Å². The Morgan fingerprint density at radius 3 is 2.64 bits per heavy atom.